The Hall–Kier alpha value is -1.15. The van der Waals surface area contributed by atoms with E-state index in [9.17, 15) is 23.2 Å². The van der Waals surface area contributed by atoms with Gasteiger partial charge in [0, 0.05) is 40.4 Å². The van der Waals surface area contributed by atoms with Crippen molar-refractivity contribution in [2.45, 2.75) is 233 Å². The third-order valence-electron chi connectivity index (χ3n) is 24.9. The second-order valence-corrected chi connectivity index (χ2v) is 29.6. The molecule has 69 heavy (non-hydrogen) atoms. The van der Waals surface area contributed by atoms with Crippen molar-refractivity contribution in [3.63, 3.8) is 0 Å². The summed E-state index contributed by atoms with van der Waals surface area (Å²) in [6.07, 6.45) is 19.7. The van der Waals surface area contributed by atoms with Crippen LogP contribution in [0.3, 0.4) is 0 Å². The van der Waals surface area contributed by atoms with Gasteiger partial charge in [-0.2, -0.15) is 8.42 Å². The number of allylic oxidation sites excluding steroid dienone is 2. The quantitative estimate of drug-likeness (QED) is 0.159. The highest BCUT2D eigenvalue weighted by Gasteiger charge is 2.72. The summed E-state index contributed by atoms with van der Waals surface area (Å²) >= 11 is 0. The van der Waals surface area contributed by atoms with Crippen molar-refractivity contribution in [2.75, 3.05) is 13.2 Å². The van der Waals surface area contributed by atoms with E-state index >= 15 is 0 Å². The Morgan fingerprint density at radius 3 is 2.10 bits per heavy atom. The number of hydrogen-bond acceptors (Lipinski definition) is 9. The number of rotatable bonds is 8. The van der Waals surface area contributed by atoms with E-state index < -0.39 is 38.9 Å². The van der Waals surface area contributed by atoms with Gasteiger partial charge in [0.15, 0.2) is 11.6 Å². The van der Waals surface area contributed by atoms with Crippen molar-refractivity contribution >= 4 is 10.4 Å². The molecule has 10 nitrogen and oxygen atoms in total. The summed E-state index contributed by atoms with van der Waals surface area (Å²) in [7, 11) is -4.73. The van der Waals surface area contributed by atoms with Crippen LogP contribution in [0.25, 0.3) is 0 Å². The predicted molar refractivity (Wildman–Crippen MR) is 264 cm³/mol. The van der Waals surface area contributed by atoms with Crippen molar-refractivity contribution in [1.29, 1.82) is 0 Å². The Morgan fingerprint density at radius 2 is 1.43 bits per heavy atom. The van der Waals surface area contributed by atoms with Crippen LogP contribution in [-0.2, 0) is 33.5 Å². The van der Waals surface area contributed by atoms with Gasteiger partial charge in [-0.25, -0.2) is 4.18 Å². The first-order valence-corrected chi connectivity index (χ1v) is 29.3. The average Bonchev–Trinajstić information content (AvgIpc) is 3.85. The first-order chi connectivity index (χ1) is 32.1. The molecule has 18 atom stereocenters. The minimum Gasteiger partial charge on any atom is -0.372 e. The highest BCUT2D eigenvalue weighted by Crippen LogP contribution is 2.74. The molecule has 0 radical (unpaired) electrons. The second-order valence-electron chi connectivity index (χ2n) is 28.5. The van der Waals surface area contributed by atoms with Crippen molar-refractivity contribution in [2.24, 2.45) is 79.8 Å². The first-order valence-electron chi connectivity index (χ1n) is 28.0. The molecule has 0 aromatic heterocycles. The van der Waals surface area contributed by atoms with Crippen LogP contribution >= 0.6 is 0 Å². The third kappa shape index (κ3) is 6.45. The summed E-state index contributed by atoms with van der Waals surface area (Å²) in [5.74, 6) is 0.650. The summed E-state index contributed by atoms with van der Waals surface area (Å²) in [6.45, 7) is 26.6. The zero-order chi connectivity index (χ0) is 49.1. The molecule has 10 fully saturated rings. The van der Waals surface area contributed by atoms with Gasteiger partial charge in [-0.05, 0) is 176 Å². The summed E-state index contributed by atoms with van der Waals surface area (Å²) < 4.78 is 68.5. The molecular formula is C58H88O10S. The maximum Gasteiger partial charge on any atom is 0.397 e. The molecule has 3 N–H and O–H groups in total. The lowest BCUT2D eigenvalue weighted by atomic mass is 9.42. The number of fused-ring (bicyclic) bond motifs is 10. The van der Waals surface area contributed by atoms with Gasteiger partial charge in [0.2, 0.25) is 0 Å². The molecule has 6 bridgehead atoms. The van der Waals surface area contributed by atoms with E-state index in [4.69, 9.17) is 23.1 Å². The van der Waals surface area contributed by atoms with Crippen molar-refractivity contribution in [3.8, 4) is 0 Å². The Morgan fingerprint density at radius 1 is 0.783 bits per heavy atom. The van der Waals surface area contributed by atoms with E-state index in [1.807, 2.05) is 13.8 Å². The molecule has 6 heterocycles. The monoisotopic (exact) mass is 977 g/mol. The minimum atomic E-state index is -4.73. The van der Waals surface area contributed by atoms with Gasteiger partial charge in [-0.15, -0.1) is 0 Å². The topological polar surface area (TPSA) is 141 Å². The van der Waals surface area contributed by atoms with E-state index in [0.717, 1.165) is 83.5 Å². The van der Waals surface area contributed by atoms with E-state index in [1.165, 1.54) is 36.0 Å². The fraction of sp³-hybridized carbons (Fsp3) is 0.897. The number of hydrogen-bond donors (Lipinski definition) is 3. The Balaban J connectivity index is 0.778. The SMILES string of the molecule is C[C@@H]([C@H]1CC[C@H]2C3=C(CC[C@]12C)[C@]12CC[C@](O)(OC1)C(C)(C)[C@@H]2[C@@H](OS(=O)(=O)O)C3)[C@H]1C[C@@H]2C[C@@](C)(OC2(C)C)[C@H](CC[C@@H](C)[C@H]2CC[C@H]3C4=C(CC[C@]23C)[C@]23CC[C@](O)(OC2)C(C)(C)C3=CC4)O1. The third-order valence-corrected chi connectivity index (χ3v) is 25.4. The first kappa shape index (κ1) is 48.8. The lowest BCUT2D eigenvalue weighted by Crippen LogP contribution is -2.71. The largest absolute Gasteiger partial charge is 0.397 e. The van der Waals surface area contributed by atoms with Crippen LogP contribution in [0.5, 0.6) is 0 Å². The molecule has 4 saturated carbocycles. The molecular weight excluding hydrogens is 889 g/mol. The van der Waals surface area contributed by atoms with E-state index in [-0.39, 0.29) is 51.0 Å². The molecule has 0 amide bonds. The van der Waals surface area contributed by atoms with Crippen molar-refractivity contribution in [3.05, 3.63) is 33.9 Å². The molecule has 0 aromatic rings. The van der Waals surface area contributed by atoms with Gasteiger partial charge in [0.1, 0.15) is 0 Å². The van der Waals surface area contributed by atoms with Gasteiger partial charge in [-0.3, -0.25) is 4.55 Å². The van der Waals surface area contributed by atoms with Gasteiger partial charge < -0.3 is 29.2 Å². The van der Waals surface area contributed by atoms with Crippen LogP contribution in [0.4, 0.5) is 0 Å². The predicted octanol–water partition coefficient (Wildman–Crippen LogP) is 11.6. The number of aliphatic hydroxyl groups is 2. The summed E-state index contributed by atoms with van der Waals surface area (Å²) in [4.78, 5) is 0. The zero-order valence-corrected chi connectivity index (χ0v) is 45.0. The van der Waals surface area contributed by atoms with Crippen LogP contribution in [0.15, 0.2) is 33.9 Å². The molecule has 6 aliphatic heterocycles. The fourth-order valence-corrected chi connectivity index (χ4v) is 21.8. The van der Waals surface area contributed by atoms with E-state index in [1.54, 1.807) is 11.1 Å². The molecule has 2 spiro atoms. The van der Waals surface area contributed by atoms with Crippen molar-refractivity contribution in [1.82, 2.24) is 0 Å². The summed E-state index contributed by atoms with van der Waals surface area (Å²) in [5.41, 5.74) is 5.82. The second kappa shape index (κ2) is 15.0. The van der Waals surface area contributed by atoms with Crippen molar-refractivity contribution < 1.29 is 46.3 Å². The fourth-order valence-electron chi connectivity index (χ4n) is 21.3. The van der Waals surface area contributed by atoms with E-state index in [2.05, 4.69) is 68.4 Å². The lowest BCUT2D eigenvalue weighted by Gasteiger charge is -2.68. The Labute approximate surface area is 414 Å². The highest BCUT2D eigenvalue weighted by atomic mass is 32.3. The van der Waals surface area contributed by atoms with E-state index in [0.29, 0.717) is 67.5 Å². The lowest BCUT2D eigenvalue weighted by molar-refractivity contribution is -0.375. The maximum absolute atomic E-state index is 12.6. The van der Waals surface area contributed by atoms with Crippen LogP contribution in [0.2, 0.25) is 0 Å². The molecule has 11 heteroatoms. The van der Waals surface area contributed by atoms with Crippen LogP contribution in [0.1, 0.15) is 192 Å². The van der Waals surface area contributed by atoms with Gasteiger partial charge in [-0.1, -0.05) is 89.3 Å². The highest BCUT2D eigenvalue weighted by molar-refractivity contribution is 7.80. The molecule has 6 saturated heterocycles. The Kier molecular flexibility index (Phi) is 10.6. The summed E-state index contributed by atoms with van der Waals surface area (Å²) in [5, 5.41) is 23.3. The molecule has 0 unspecified atom stereocenters. The molecule has 8 aliphatic carbocycles. The zero-order valence-electron chi connectivity index (χ0n) is 44.2. The Bertz CT molecular complexity index is 2360. The summed E-state index contributed by atoms with van der Waals surface area (Å²) in [6, 6.07) is 0. The maximum atomic E-state index is 12.6. The van der Waals surface area contributed by atoms with Crippen LogP contribution in [0, 0.1) is 79.8 Å². The van der Waals surface area contributed by atoms with Crippen LogP contribution < -0.4 is 0 Å². The smallest absolute Gasteiger partial charge is 0.372 e. The molecule has 0 aromatic carbocycles. The normalized spacial score (nSPS) is 51.7. The molecule has 386 valence electrons. The standard InChI is InChI=1S/C58H88O10S/c1-33(38-14-16-40-36-13-18-46-49(3,4)57(59)26-24-55(46,31-64-57)42(36)20-22-52(38,40)9)12-19-47-54(11)30-35(51(7,8)68-54)28-44(66-47)34(2)39-15-17-41-37-29-45(67-69(61,62)63)48-50(5,6)58(60)27-25-56(48,32-65-58)43(37)21-23-53(39,41)10/h18,33-35,38-41,44-45,47-48,59-60H,12-17,19-32H2,1-11H3,(H,61,62,63)/t33-,34+,35-,38-,39-,40+,41+,44-,45+,47+,48+,52-,53-,54-,55+,56+,57+,58+/m1/s1. The van der Waals surface area contributed by atoms with Gasteiger partial charge >= 0.3 is 10.4 Å². The van der Waals surface area contributed by atoms with Gasteiger partial charge in [0.25, 0.3) is 0 Å². The minimum absolute atomic E-state index is 0.0130. The molecule has 14 rings (SSSR count). The molecule has 14 aliphatic rings. The average molecular weight is 977 g/mol. The van der Waals surface area contributed by atoms with Crippen LogP contribution in [-0.4, -0.2) is 77.5 Å². The number of ether oxygens (including phenoxy) is 4. The van der Waals surface area contributed by atoms with Gasteiger partial charge in [0.05, 0.1) is 42.7 Å².